The van der Waals surface area contributed by atoms with Crippen molar-refractivity contribution in [2.75, 3.05) is 37.9 Å². The second-order valence-electron chi connectivity index (χ2n) is 7.52. The van der Waals surface area contributed by atoms with Crippen LogP contribution in [-0.4, -0.2) is 47.8 Å². The van der Waals surface area contributed by atoms with Crippen molar-refractivity contribution < 1.29 is 9.90 Å². The quantitative estimate of drug-likeness (QED) is 0.559. The van der Waals surface area contributed by atoms with E-state index >= 15 is 0 Å². The average molecular weight is 429 g/mol. The molecule has 0 saturated heterocycles. The summed E-state index contributed by atoms with van der Waals surface area (Å²) in [5, 5.41) is 20.0. The van der Waals surface area contributed by atoms with Gasteiger partial charge in [0.15, 0.2) is 5.69 Å². The number of benzene rings is 1. The van der Waals surface area contributed by atoms with E-state index in [1.165, 1.54) is 11.1 Å². The van der Waals surface area contributed by atoms with Crippen LogP contribution in [-0.2, 0) is 0 Å². The fraction of sp³-hybridized carbons (Fsp3) is 0.455. The van der Waals surface area contributed by atoms with E-state index in [4.69, 9.17) is 5.73 Å². The van der Waals surface area contributed by atoms with Crippen LogP contribution in [0.15, 0.2) is 45.4 Å². The molecule has 2 rings (SSSR count). The molecule has 2 aromatic rings. The number of aromatic hydroxyl groups is 1. The molecule has 0 aliphatic rings. The van der Waals surface area contributed by atoms with Gasteiger partial charge in [0.05, 0.1) is 11.4 Å². The molecule has 168 valence electrons. The molecule has 9 heteroatoms. The largest absolute Gasteiger partial charge is 0.492 e. The molecule has 31 heavy (non-hydrogen) atoms. The number of nitrogens with zero attached hydrogens (tertiary/aromatic N) is 5. The molecule has 9 nitrogen and oxygen atoms in total. The molecule has 0 aliphatic heterocycles. The molecule has 3 N–H and O–H groups in total. The van der Waals surface area contributed by atoms with Crippen molar-refractivity contribution in [3.63, 3.8) is 0 Å². The molecule has 0 unspecified atom stereocenters. The highest BCUT2D eigenvalue weighted by molar-refractivity contribution is 5.95. The number of anilines is 1. The molecule has 0 aliphatic carbocycles. The smallest absolute Gasteiger partial charge is 0.274 e. The van der Waals surface area contributed by atoms with Crippen LogP contribution in [0.1, 0.15) is 49.9 Å². The Labute approximate surface area is 182 Å². The lowest BCUT2D eigenvalue weighted by Crippen LogP contribution is -2.35. The number of amides is 1. The fourth-order valence-corrected chi connectivity index (χ4v) is 3.09. The molecule has 0 spiro atoms. The molecule has 1 amide bonds. The summed E-state index contributed by atoms with van der Waals surface area (Å²) >= 11 is 0. The van der Waals surface area contributed by atoms with Crippen molar-refractivity contribution in [3.05, 3.63) is 46.2 Å². The summed E-state index contributed by atoms with van der Waals surface area (Å²) in [6, 6.07) is 8.03. The number of pyridine rings is 1. The van der Waals surface area contributed by atoms with E-state index in [2.05, 4.69) is 24.1 Å². The highest BCUT2D eigenvalue weighted by atomic mass is 16.3. The summed E-state index contributed by atoms with van der Waals surface area (Å²) < 4.78 is 1.03. The van der Waals surface area contributed by atoms with Gasteiger partial charge in [0, 0.05) is 38.8 Å². The van der Waals surface area contributed by atoms with Crippen LogP contribution in [0.2, 0.25) is 0 Å². The third-order valence-corrected chi connectivity index (χ3v) is 4.78. The second-order valence-corrected chi connectivity index (χ2v) is 7.52. The first-order valence-corrected chi connectivity index (χ1v) is 10.5. The maximum atomic E-state index is 13.0. The first kappa shape index (κ1) is 23.9. The van der Waals surface area contributed by atoms with Crippen LogP contribution in [0.3, 0.4) is 0 Å². The summed E-state index contributed by atoms with van der Waals surface area (Å²) in [6.45, 7) is 5.64. The van der Waals surface area contributed by atoms with E-state index in [1.54, 1.807) is 38.4 Å². The number of azo groups is 1. The van der Waals surface area contributed by atoms with Crippen molar-refractivity contribution >= 4 is 23.0 Å². The van der Waals surface area contributed by atoms with Crippen LogP contribution in [0, 0.1) is 0 Å². The standard InChI is InChI=1S/C22H32N6O3/c1-5-7-12-27(13-8-6-2)21(30)16-10-9-11-17(14-16)24-25-20-18(23)15-19(29)28(22(20)31)26(3)4/h9-11,14-15,31H,5-8,12-13,23H2,1-4H3/b25-24+. The van der Waals surface area contributed by atoms with E-state index in [0.717, 1.165) is 43.4 Å². The number of hydrogen-bond donors (Lipinski definition) is 2. The number of nitrogens with two attached hydrogens (primary N) is 1. The zero-order valence-corrected chi connectivity index (χ0v) is 18.7. The van der Waals surface area contributed by atoms with Crippen LogP contribution in [0.5, 0.6) is 5.88 Å². The maximum absolute atomic E-state index is 13.0. The predicted molar refractivity (Wildman–Crippen MR) is 123 cm³/mol. The van der Waals surface area contributed by atoms with Crippen molar-refractivity contribution in [2.45, 2.75) is 39.5 Å². The Hall–Kier alpha value is -3.36. The third kappa shape index (κ3) is 6.07. The summed E-state index contributed by atoms with van der Waals surface area (Å²) in [7, 11) is 3.21. The summed E-state index contributed by atoms with van der Waals surface area (Å²) in [5.74, 6) is -0.446. The summed E-state index contributed by atoms with van der Waals surface area (Å²) in [6.07, 6.45) is 3.94. The van der Waals surface area contributed by atoms with Gasteiger partial charge in [-0.1, -0.05) is 32.8 Å². The lowest BCUT2D eigenvalue weighted by molar-refractivity contribution is 0.0751. The Morgan fingerprint density at radius 2 is 1.74 bits per heavy atom. The van der Waals surface area contributed by atoms with Crippen molar-refractivity contribution in [3.8, 4) is 5.88 Å². The van der Waals surface area contributed by atoms with Crippen LogP contribution >= 0.6 is 0 Å². The minimum Gasteiger partial charge on any atom is -0.492 e. The van der Waals surface area contributed by atoms with Gasteiger partial charge in [0.2, 0.25) is 5.88 Å². The van der Waals surface area contributed by atoms with Gasteiger partial charge in [-0.2, -0.15) is 9.79 Å². The Morgan fingerprint density at radius 3 is 2.32 bits per heavy atom. The van der Waals surface area contributed by atoms with E-state index in [-0.39, 0.29) is 17.3 Å². The SMILES string of the molecule is CCCCN(CCCC)C(=O)c1cccc(/N=N/c2c(N)cc(=O)n(N(C)C)c2O)c1. The first-order valence-electron chi connectivity index (χ1n) is 10.5. The number of nitrogen functional groups attached to an aromatic ring is 1. The lowest BCUT2D eigenvalue weighted by atomic mass is 10.1. The highest BCUT2D eigenvalue weighted by Crippen LogP contribution is 2.32. The van der Waals surface area contributed by atoms with Gasteiger partial charge in [0.1, 0.15) is 0 Å². The van der Waals surface area contributed by atoms with Gasteiger partial charge in [0.25, 0.3) is 11.5 Å². The van der Waals surface area contributed by atoms with Crippen molar-refractivity contribution in [2.24, 2.45) is 10.2 Å². The van der Waals surface area contributed by atoms with Crippen molar-refractivity contribution in [1.29, 1.82) is 0 Å². The monoisotopic (exact) mass is 428 g/mol. The number of hydrogen-bond acceptors (Lipinski definition) is 7. The average Bonchev–Trinajstić information content (AvgIpc) is 2.73. The zero-order valence-electron chi connectivity index (χ0n) is 18.7. The van der Waals surface area contributed by atoms with Gasteiger partial charge < -0.3 is 20.7 Å². The van der Waals surface area contributed by atoms with E-state index in [1.807, 2.05) is 4.90 Å². The predicted octanol–water partition coefficient (Wildman–Crippen LogP) is 3.79. The van der Waals surface area contributed by atoms with E-state index < -0.39 is 11.4 Å². The molecular formula is C22H32N6O3. The topological polar surface area (TPSA) is 117 Å². The normalized spacial score (nSPS) is 11.1. The molecule has 1 heterocycles. The Bertz CT molecular complexity index is 976. The molecule has 0 radical (unpaired) electrons. The molecule has 0 fully saturated rings. The number of rotatable bonds is 10. The molecule has 1 aromatic carbocycles. The Balaban J connectivity index is 2.32. The van der Waals surface area contributed by atoms with Gasteiger partial charge in [-0.15, -0.1) is 5.11 Å². The second kappa shape index (κ2) is 11.1. The summed E-state index contributed by atoms with van der Waals surface area (Å²) in [5.41, 5.74) is 6.35. The Kier molecular flexibility index (Phi) is 8.60. The number of aromatic nitrogens is 1. The van der Waals surface area contributed by atoms with E-state index in [0.29, 0.717) is 11.3 Å². The van der Waals surface area contributed by atoms with Crippen LogP contribution in [0.4, 0.5) is 17.1 Å². The van der Waals surface area contributed by atoms with Crippen molar-refractivity contribution in [1.82, 2.24) is 9.58 Å². The minimum atomic E-state index is -0.481. The number of unbranched alkanes of at least 4 members (excludes halogenated alkanes) is 2. The van der Waals surface area contributed by atoms with Gasteiger partial charge >= 0.3 is 0 Å². The molecular weight excluding hydrogens is 396 g/mol. The molecule has 0 bridgehead atoms. The summed E-state index contributed by atoms with van der Waals surface area (Å²) in [4.78, 5) is 26.9. The van der Waals surface area contributed by atoms with Gasteiger partial charge in [-0.25, -0.2) is 0 Å². The van der Waals surface area contributed by atoms with Gasteiger partial charge in [-0.3, -0.25) is 9.59 Å². The third-order valence-electron chi connectivity index (χ3n) is 4.78. The van der Waals surface area contributed by atoms with E-state index in [9.17, 15) is 14.7 Å². The van der Waals surface area contributed by atoms with Gasteiger partial charge in [-0.05, 0) is 31.0 Å². The number of carbonyl (C=O) groups excluding carboxylic acids is 1. The minimum absolute atomic E-state index is 0.0156. The maximum Gasteiger partial charge on any atom is 0.274 e. The van der Waals surface area contributed by atoms with Crippen LogP contribution in [0.25, 0.3) is 0 Å². The fourth-order valence-electron chi connectivity index (χ4n) is 3.09. The highest BCUT2D eigenvalue weighted by Gasteiger charge is 2.16. The molecule has 0 atom stereocenters. The molecule has 0 saturated carbocycles. The lowest BCUT2D eigenvalue weighted by Gasteiger charge is -2.22. The van der Waals surface area contributed by atoms with Crippen LogP contribution < -0.4 is 16.3 Å². The molecule has 1 aromatic heterocycles. The zero-order chi connectivity index (χ0) is 23.0. The Morgan fingerprint density at radius 1 is 1.10 bits per heavy atom. The number of carbonyl (C=O) groups is 1. The first-order chi connectivity index (χ1) is 14.8.